The summed E-state index contributed by atoms with van der Waals surface area (Å²) in [5.41, 5.74) is 3.68. The van der Waals surface area contributed by atoms with Gasteiger partial charge >= 0.3 is 0 Å². The Labute approximate surface area is 321 Å². The minimum absolute atomic E-state index is 0.164. The molecule has 0 unspecified atom stereocenters. The Hall–Kier alpha value is -6.76. The zero-order valence-electron chi connectivity index (χ0n) is 26.9. The number of H-pyrrole nitrogens is 1. The van der Waals surface area contributed by atoms with Gasteiger partial charge in [0.05, 0.1) is 34.7 Å². The maximum Gasteiger partial charge on any atom is 0.205 e. The first-order valence-corrected chi connectivity index (χ1v) is 19.5. The highest BCUT2D eigenvalue weighted by Crippen LogP contribution is 2.22. The van der Waals surface area contributed by atoms with Gasteiger partial charge in [0.2, 0.25) is 21.7 Å². The first-order chi connectivity index (χ1) is 26.3. The molecular weight excluding hydrogens is 779 g/mol. The number of hydrogen-bond donors (Lipinski definition) is 1. The number of para-hydroxylation sites is 2. The number of nitrogens with zero attached hydrogens (tertiary/aromatic N) is 6. The Balaban J connectivity index is 0.000000127. The third-order valence-electron chi connectivity index (χ3n) is 7.77. The molecule has 0 amide bonds. The molecule has 0 fully saturated rings. The Bertz CT molecular complexity index is 3110. The summed E-state index contributed by atoms with van der Waals surface area (Å²) >= 11 is 5.21. The predicted molar refractivity (Wildman–Crippen MR) is 211 cm³/mol. The van der Waals surface area contributed by atoms with Crippen LogP contribution in [0.5, 0.6) is 0 Å². The lowest BCUT2D eigenvalue weighted by atomic mass is 10.1. The van der Waals surface area contributed by atoms with E-state index < -0.39 is 0 Å². The summed E-state index contributed by atoms with van der Waals surface area (Å²) in [6.07, 6.45) is 0. The van der Waals surface area contributed by atoms with E-state index in [0.29, 0.717) is 21.5 Å². The largest absolute Gasteiger partial charge is 0.337 e. The van der Waals surface area contributed by atoms with Gasteiger partial charge in [0.15, 0.2) is 5.82 Å². The summed E-state index contributed by atoms with van der Waals surface area (Å²) in [5.74, 6) is 0.840. The lowest BCUT2D eigenvalue weighted by Gasteiger charge is -1.98. The number of hydrogen-bond acceptors (Lipinski definition) is 15. The molecule has 1 N–H and O–H groups in total. The van der Waals surface area contributed by atoms with Crippen LogP contribution >= 0.6 is 56.7 Å². The Morgan fingerprint density at radius 3 is 1.22 bits per heavy atom. The number of aromatic amines is 1. The van der Waals surface area contributed by atoms with Crippen molar-refractivity contribution in [1.29, 1.82) is 21.0 Å². The molecule has 0 saturated heterocycles. The monoisotopic (exact) mass is 793 g/mol. The van der Waals surface area contributed by atoms with Gasteiger partial charge in [-0.3, -0.25) is 19.2 Å². The van der Waals surface area contributed by atoms with E-state index >= 15 is 0 Å². The van der Waals surface area contributed by atoms with Gasteiger partial charge < -0.3 is 4.98 Å². The molecule has 2 aliphatic carbocycles. The fraction of sp³-hybridized carbons (Fsp3) is 0. The molecule has 0 bridgehead atoms. The molecule has 0 saturated carbocycles. The van der Waals surface area contributed by atoms with E-state index in [-0.39, 0.29) is 59.4 Å². The molecule has 0 radical (unpaired) electrons. The predicted octanol–water partition coefficient (Wildman–Crippen LogP) is 6.99. The van der Waals surface area contributed by atoms with Crippen molar-refractivity contribution in [3.8, 4) is 35.8 Å². The van der Waals surface area contributed by atoms with Gasteiger partial charge in [-0.1, -0.05) is 60.7 Å². The van der Waals surface area contributed by atoms with Crippen LogP contribution in [0.1, 0.15) is 19.5 Å². The van der Waals surface area contributed by atoms with Gasteiger partial charge in [-0.05, 0) is 12.1 Å². The van der Waals surface area contributed by atoms with E-state index in [1.54, 1.807) is 59.9 Å². The second-order valence-corrected chi connectivity index (χ2v) is 15.7. The molecule has 256 valence electrons. The van der Waals surface area contributed by atoms with Gasteiger partial charge in [0.1, 0.15) is 49.5 Å². The van der Waals surface area contributed by atoms with Crippen molar-refractivity contribution < 1.29 is 0 Å². The topological polar surface area (TPSA) is 205 Å². The zero-order valence-corrected chi connectivity index (χ0v) is 31.0. The van der Waals surface area contributed by atoms with Crippen LogP contribution in [0, 0.1) is 63.5 Å². The first kappa shape index (κ1) is 35.6. The molecule has 2 aromatic heterocycles. The average molecular weight is 794 g/mol. The van der Waals surface area contributed by atoms with Crippen LogP contribution < -0.4 is 21.7 Å². The molecule has 11 nitrogen and oxygen atoms in total. The fourth-order valence-electron chi connectivity index (χ4n) is 5.32. The van der Waals surface area contributed by atoms with E-state index in [1.807, 2.05) is 59.4 Å². The van der Waals surface area contributed by atoms with Crippen molar-refractivity contribution in [1.82, 2.24) is 15.0 Å². The second-order valence-electron chi connectivity index (χ2n) is 10.9. The van der Waals surface area contributed by atoms with Crippen molar-refractivity contribution in [3.63, 3.8) is 0 Å². The summed E-state index contributed by atoms with van der Waals surface area (Å²) in [6.45, 7) is 0. The lowest BCUT2D eigenvalue weighted by molar-refractivity contribution is 1.27. The molecule has 3 aromatic carbocycles. The number of fused-ring (bicyclic) bond motifs is 3. The molecule has 5 aromatic rings. The van der Waals surface area contributed by atoms with Crippen LogP contribution in [0.4, 0.5) is 0 Å². The number of nitrogens with one attached hydrogen (secondary N) is 1. The van der Waals surface area contributed by atoms with Crippen molar-refractivity contribution in [2.24, 2.45) is 0 Å². The van der Waals surface area contributed by atoms with Crippen LogP contribution in [0.2, 0.25) is 0 Å². The van der Waals surface area contributed by atoms with E-state index in [9.17, 15) is 19.2 Å². The third-order valence-corrected chi connectivity index (χ3v) is 13.2. The highest BCUT2D eigenvalue weighted by Gasteiger charge is 2.14. The Morgan fingerprint density at radius 1 is 0.519 bits per heavy atom. The Kier molecular flexibility index (Phi) is 9.95. The van der Waals surface area contributed by atoms with E-state index in [2.05, 4.69) is 15.0 Å². The van der Waals surface area contributed by atoms with Gasteiger partial charge in [-0.15, -0.1) is 56.7 Å². The highest BCUT2D eigenvalue weighted by atomic mass is 32.1. The minimum Gasteiger partial charge on any atom is -0.337 e. The van der Waals surface area contributed by atoms with E-state index in [1.165, 1.54) is 0 Å². The molecule has 4 heterocycles. The number of aromatic nitrogens is 3. The van der Waals surface area contributed by atoms with E-state index in [4.69, 9.17) is 21.0 Å². The molecule has 0 atom stereocenters. The van der Waals surface area contributed by atoms with Gasteiger partial charge in [-0.25, -0.2) is 9.97 Å². The number of thiazole rings is 1. The third kappa shape index (κ3) is 6.44. The molecule has 4 aliphatic rings. The quantitative estimate of drug-likeness (QED) is 0.180. The van der Waals surface area contributed by atoms with Crippen LogP contribution in [0.3, 0.4) is 0 Å². The maximum atomic E-state index is 12.4. The van der Waals surface area contributed by atoms with Gasteiger partial charge in [-0.2, -0.15) is 21.0 Å². The van der Waals surface area contributed by atoms with Crippen molar-refractivity contribution in [3.05, 3.63) is 162 Å². The SMILES string of the molecule is N#Cc1sc2c(=O)c3ccccc3c(=O)c=2sc1C#N.N#Cc1sc2c(=O)c3ccccc3c(=O)c=2sc1C#N.c1ccc2[nH]c(-c3cscn3)nc2c1. The van der Waals surface area contributed by atoms with Crippen LogP contribution in [-0.4, -0.2) is 15.0 Å². The van der Waals surface area contributed by atoms with Gasteiger partial charge in [0, 0.05) is 26.9 Å². The number of rotatable bonds is 1. The van der Waals surface area contributed by atoms with E-state index in [0.717, 1.165) is 67.9 Å². The minimum atomic E-state index is -0.266. The fourth-order valence-corrected chi connectivity index (χ4v) is 9.96. The van der Waals surface area contributed by atoms with Crippen molar-refractivity contribution in [2.75, 3.05) is 0 Å². The summed E-state index contributed by atoms with van der Waals surface area (Å²) < 4.78 is 0.979. The van der Waals surface area contributed by atoms with Crippen LogP contribution in [0.15, 0.2) is 103 Å². The second kappa shape index (κ2) is 15.1. The molecule has 0 spiro atoms. The molecule has 9 rings (SSSR count). The summed E-state index contributed by atoms with van der Waals surface area (Å²) in [5, 5.41) is 39.5. The smallest absolute Gasteiger partial charge is 0.205 e. The standard InChI is InChI=1S/2C14H4N2O2S2.C10H7N3S/c2*15-5-9-10(6-16)20-14-12(18)8-4-2-1-3-7(8)11(17)13(14)19-9;1-2-4-8-7(3-1)12-10(13-8)9-5-14-6-11-9/h2*1-4H;1-6H,(H,12,13). The molecule has 2 aliphatic heterocycles. The number of benzene rings is 3. The van der Waals surface area contributed by atoms with Crippen molar-refractivity contribution >= 4 is 89.3 Å². The lowest BCUT2D eigenvalue weighted by Crippen LogP contribution is -2.13. The number of nitriles is 4. The summed E-state index contributed by atoms with van der Waals surface area (Å²) in [7, 11) is 0. The van der Waals surface area contributed by atoms with Gasteiger partial charge in [0.25, 0.3) is 0 Å². The normalized spacial score (nSPS) is 10.4. The molecule has 54 heavy (non-hydrogen) atoms. The van der Waals surface area contributed by atoms with Crippen LogP contribution in [-0.2, 0) is 0 Å². The molecular formula is C38H15N7O4S5. The summed E-state index contributed by atoms with van der Waals surface area (Å²) in [4.78, 5) is 62.1. The van der Waals surface area contributed by atoms with Crippen molar-refractivity contribution in [2.45, 2.75) is 0 Å². The maximum absolute atomic E-state index is 12.4. The summed E-state index contributed by atoms with van der Waals surface area (Å²) in [6, 6.07) is 28.7. The highest BCUT2D eigenvalue weighted by molar-refractivity contribution is 7.18. The zero-order chi connectivity index (χ0) is 37.9. The average Bonchev–Trinajstić information content (AvgIpc) is 3.92. The van der Waals surface area contributed by atoms with Crippen LogP contribution in [0.25, 0.3) is 44.1 Å². The Morgan fingerprint density at radius 2 is 0.889 bits per heavy atom. The number of imidazole rings is 1. The molecule has 16 heteroatoms. The first-order valence-electron chi connectivity index (χ1n) is 15.3.